The Morgan fingerprint density at radius 1 is 0.972 bits per heavy atom. The third kappa shape index (κ3) is 6.86. The summed E-state index contributed by atoms with van der Waals surface area (Å²) in [5.74, 6) is 0.873. The van der Waals surface area contributed by atoms with Crippen molar-refractivity contribution in [2.24, 2.45) is 0 Å². The molecule has 0 aliphatic heterocycles. The number of aromatic nitrogens is 2. The highest BCUT2D eigenvalue weighted by atomic mass is 32.2. The molecule has 9 nitrogen and oxygen atoms in total. The summed E-state index contributed by atoms with van der Waals surface area (Å²) in [6.07, 6.45) is 0.758. The molecule has 0 saturated heterocycles. The predicted octanol–water partition coefficient (Wildman–Crippen LogP) is 4.00. The highest BCUT2D eigenvalue weighted by Crippen LogP contribution is 2.25. The standard InChI is InChI=1S/C25H24N4O5S2/c1-33-21-11-13-22(14-12-21)36(31,32)29-20-9-7-19(8-10-20)24-27-28-25(34-24)35-17-23(30)26-16-15-18-5-3-2-4-6-18/h2-14,29H,15-17H2,1H3,(H,26,30). The summed E-state index contributed by atoms with van der Waals surface area (Å²) in [7, 11) is -2.23. The number of nitrogens with one attached hydrogen (secondary N) is 2. The number of thioether (sulfide) groups is 1. The van der Waals surface area contributed by atoms with Crippen molar-refractivity contribution in [2.75, 3.05) is 24.1 Å². The van der Waals surface area contributed by atoms with Crippen LogP contribution in [0.4, 0.5) is 5.69 Å². The molecule has 36 heavy (non-hydrogen) atoms. The number of amides is 1. The fraction of sp³-hybridized carbons (Fsp3) is 0.160. The van der Waals surface area contributed by atoms with E-state index in [1.807, 2.05) is 30.3 Å². The van der Waals surface area contributed by atoms with Gasteiger partial charge in [-0.15, -0.1) is 10.2 Å². The zero-order valence-corrected chi connectivity index (χ0v) is 21.0. The minimum Gasteiger partial charge on any atom is -0.497 e. The maximum atomic E-state index is 12.6. The third-order valence-electron chi connectivity index (χ3n) is 5.07. The lowest BCUT2D eigenvalue weighted by Crippen LogP contribution is -2.27. The molecule has 0 saturated carbocycles. The van der Waals surface area contributed by atoms with Crippen LogP contribution < -0.4 is 14.8 Å². The van der Waals surface area contributed by atoms with Crippen LogP contribution in [-0.4, -0.2) is 43.9 Å². The Balaban J connectivity index is 1.28. The minimum absolute atomic E-state index is 0.120. The number of sulfonamides is 1. The number of nitrogens with zero attached hydrogens (tertiary/aromatic N) is 2. The summed E-state index contributed by atoms with van der Waals surface area (Å²) in [6, 6.07) is 22.6. The van der Waals surface area contributed by atoms with Gasteiger partial charge in [-0.3, -0.25) is 9.52 Å². The van der Waals surface area contributed by atoms with Gasteiger partial charge in [-0.05, 0) is 60.5 Å². The number of ether oxygens (including phenoxy) is 1. The second-order valence-corrected chi connectivity index (χ2v) is 10.2. The molecule has 3 aromatic carbocycles. The fourth-order valence-electron chi connectivity index (χ4n) is 3.20. The normalized spacial score (nSPS) is 11.1. The van der Waals surface area contributed by atoms with Gasteiger partial charge in [0.1, 0.15) is 5.75 Å². The predicted molar refractivity (Wildman–Crippen MR) is 137 cm³/mol. The van der Waals surface area contributed by atoms with Crippen molar-refractivity contribution in [1.82, 2.24) is 15.5 Å². The van der Waals surface area contributed by atoms with Crippen LogP contribution in [0, 0.1) is 0 Å². The Kier molecular flexibility index (Phi) is 8.24. The molecule has 0 unspecified atom stereocenters. The molecule has 1 aromatic heterocycles. The molecule has 11 heteroatoms. The molecule has 0 fully saturated rings. The molecule has 0 bridgehead atoms. The summed E-state index contributed by atoms with van der Waals surface area (Å²) in [4.78, 5) is 12.2. The highest BCUT2D eigenvalue weighted by Gasteiger charge is 2.15. The largest absolute Gasteiger partial charge is 0.497 e. The van der Waals surface area contributed by atoms with E-state index in [9.17, 15) is 13.2 Å². The number of benzene rings is 3. The molecule has 1 heterocycles. The van der Waals surface area contributed by atoms with Gasteiger partial charge in [-0.2, -0.15) is 0 Å². The van der Waals surface area contributed by atoms with Gasteiger partial charge in [0.15, 0.2) is 0 Å². The summed E-state index contributed by atoms with van der Waals surface area (Å²) < 4.78 is 38.4. The minimum atomic E-state index is -3.75. The van der Waals surface area contributed by atoms with Crippen LogP contribution in [0.25, 0.3) is 11.5 Å². The van der Waals surface area contributed by atoms with E-state index in [1.165, 1.54) is 19.2 Å². The van der Waals surface area contributed by atoms with Crippen LogP contribution in [0.2, 0.25) is 0 Å². The van der Waals surface area contributed by atoms with Crippen LogP contribution in [0.5, 0.6) is 5.75 Å². The number of hydrogen-bond donors (Lipinski definition) is 2. The van der Waals surface area contributed by atoms with Crippen molar-refractivity contribution in [3.05, 3.63) is 84.4 Å². The lowest BCUT2D eigenvalue weighted by Gasteiger charge is -2.09. The SMILES string of the molecule is COc1ccc(S(=O)(=O)Nc2ccc(-c3nnc(SCC(=O)NCCc4ccccc4)o3)cc2)cc1. The van der Waals surface area contributed by atoms with Gasteiger partial charge in [0.25, 0.3) is 15.2 Å². The Hall–Kier alpha value is -3.83. The summed E-state index contributed by atoms with van der Waals surface area (Å²) in [5.41, 5.74) is 2.16. The van der Waals surface area contributed by atoms with Gasteiger partial charge in [0.2, 0.25) is 11.8 Å². The second kappa shape index (κ2) is 11.7. The average molecular weight is 525 g/mol. The smallest absolute Gasteiger partial charge is 0.277 e. The molecule has 0 radical (unpaired) electrons. The van der Waals surface area contributed by atoms with Crippen molar-refractivity contribution < 1.29 is 22.4 Å². The number of methoxy groups -OCH3 is 1. The van der Waals surface area contributed by atoms with Gasteiger partial charge in [-0.1, -0.05) is 42.1 Å². The zero-order valence-electron chi connectivity index (χ0n) is 19.4. The van der Waals surface area contributed by atoms with E-state index in [0.29, 0.717) is 23.5 Å². The van der Waals surface area contributed by atoms with Gasteiger partial charge in [0, 0.05) is 17.8 Å². The highest BCUT2D eigenvalue weighted by molar-refractivity contribution is 7.99. The number of anilines is 1. The Morgan fingerprint density at radius 2 is 1.69 bits per heavy atom. The fourth-order valence-corrected chi connectivity index (χ4v) is 4.86. The van der Waals surface area contributed by atoms with Crippen molar-refractivity contribution in [3.8, 4) is 17.2 Å². The lowest BCUT2D eigenvalue weighted by atomic mass is 10.1. The first-order chi connectivity index (χ1) is 17.4. The van der Waals surface area contributed by atoms with Crippen LogP contribution in [0.1, 0.15) is 5.56 Å². The first-order valence-corrected chi connectivity index (χ1v) is 13.4. The monoisotopic (exact) mass is 524 g/mol. The second-order valence-electron chi connectivity index (χ2n) is 7.61. The molecule has 0 atom stereocenters. The first kappa shape index (κ1) is 25.3. The van der Waals surface area contributed by atoms with Crippen molar-refractivity contribution >= 4 is 33.4 Å². The van der Waals surface area contributed by atoms with Crippen molar-refractivity contribution in [2.45, 2.75) is 16.5 Å². The Bertz CT molecular complexity index is 1390. The molecule has 0 aliphatic rings. The van der Waals surface area contributed by atoms with E-state index in [4.69, 9.17) is 9.15 Å². The van der Waals surface area contributed by atoms with E-state index in [0.717, 1.165) is 23.7 Å². The van der Waals surface area contributed by atoms with Crippen LogP contribution in [-0.2, 0) is 21.2 Å². The van der Waals surface area contributed by atoms with Crippen molar-refractivity contribution in [1.29, 1.82) is 0 Å². The molecule has 186 valence electrons. The summed E-state index contributed by atoms with van der Waals surface area (Å²) in [5, 5.41) is 11.1. The topological polar surface area (TPSA) is 123 Å². The molecular weight excluding hydrogens is 500 g/mol. The van der Waals surface area contributed by atoms with Crippen LogP contribution >= 0.6 is 11.8 Å². The third-order valence-corrected chi connectivity index (χ3v) is 7.28. The van der Waals surface area contributed by atoms with Crippen LogP contribution in [0.3, 0.4) is 0 Å². The van der Waals surface area contributed by atoms with E-state index >= 15 is 0 Å². The molecule has 2 N–H and O–H groups in total. The summed E-state index contributed by atoms with van der Waals surface area (Å²) >= 11 is 1.15. The number of carbonyl (C=O) groups is 1. The molecule has 4 rings (SSSR count). The number of carbonyl (C=O) groups excluding carboxylic acids is 1. The summed E-state index contributed by atoms with van der Waals surface area (Å²) in [6.45, 7) is 0.549. The molecular formula is C25H24N4O5S2. The van der Waals surface area contributed by atoms with E-state index < -0.39 is 10.0 Å². The average Bonchev–Trinajstić information content (AvgIpc) is 3.37. The molecule has 0 spiro atoms. The molecule has 4 aromatic rings. The Labute approximate surface area is 213 Å². The van der Waals surface area contributed by atoms with E-state index in [-0.39, 0.29) is 27.7 Å². The Morgan fingerprint density at radius 3 is 2.39 bits per heavy atom. The quantitative estimate of drug-likeness (QED) is 0.282. The number of hydrogen-bond acceptors (Lipinski definition) is 8. The zero-order chi connectivity index (χ0) is 25.4. The van der Waals surface area contributed by atoms with E-state index in [1.54, 1.807) is 36.4 Å². The maximum absolute atomic E-state index is 12.6. The molecule has 1 amide bonds. The first-order valence-electron chi connectivity index (χ1n) is 11.0. The molecule has 0 aliphatic carbocycles. The van der Waals surface area contributed by atoms with Gasteiger partial charge in [0.05, 0.1) is 17.8 Å². The van der Waals surface area contributed by atoms with Crippen molar-refractivity contribution in [3.63, 3.8) is 0 Å². The number of rotatable bonds is 11. The van der Waals surface area contributed by atoms with Gasteiger partial charge >= 0.3 is 0 Å². The van der Waals surface area contributed by atoms with Gasteiger partial charge in [-0.25, -0.2) is 8.42 Å². The maximum Gasteiger partial charge on any atom is 0.277 e. The van der Waals surface area contributed by atoms with Gasteiger partial charge < -0.3 is 14.5 Å². The van der Waals surface area contributed by atoms with Crippen LogP contribution in [0.15, 0.2) is 93.4 Å². The van der Waals surface area contributed by atoms with E-state index in [2.05, 4.69) is 20.2 Å². The lowest BCUT2D eigenvalue weighted by molar-refractivity contribution is -0.118.